The fourth-order valence-electron chi connectivity index (χ4n) is 2.73. The van der Waals surface area contributed by atoms with Crippen molar-refractivity contribution in [1.82, 2.24) is 9.97 Å². The van der Waals surface area contributed by atoms with Gasteiger partial charge in [-0.2, -0.15) is 0 Å². The lowest BCUT2D eigenvalue weighted by Crippen LogP contribution is -2.10. The molecule has 0 aliphatic carbocycles. The van der Waals surface area contributed by atoms with Crippen LogP contribution in [0.5, 0.6) is 0 Å². The van der Waals surface area contributed by atoms with Crippen LogP contribution in [-0.4, -0.2) is 9.97 Å². The molecule has 0 radical (unpaired) electrons. The molecule has 0 unspecified atom stereocenters. The predicted molar refractivity (Wildman–Crippen MR) is 109 cm³/mol. The summed E-state index contributed by atoms with van der Waals surface area (Å²) in [7, 11) is 0. The molecule has 4 N–H and O–H groups in total. The van der Waals surface area contributed by atoms with Gasteiger partial charge in [0.15, 0.2) is 0 Å². The van der Waals surface area contributed by atoms with Gasteiger partial charge in [0.2, 0.25) is 5.95 Å². The molecule has 0 saturated carbocycles. The van der Waals surface area contributed by atoms with Crippen LogP contribution in [0.4, 0.5) is 23.0 Å². The Morgan fingerprint density at radius 2 is 1.62 bits per heavy atom. The van der Waals surface area contributed by atoms with Crippen LogP contribution < -0.4 is 16.4 Å². The molecule has 3 rings (SSSR count). The van der Waals surface area contributed by atoms with Crippen molar-refractivity contribution in [2.45, 2.75) is 32.7 Å². The van der Waals surface area contributed by atoms with E-state index in [2.05, 4.69) is 58.7 Å². The number of anilines is 4. The van der Waals surface area contributed by atoms with Crippen LogP contribution in [-0.2, 0) is 6.42 Å². The van der Waals surface area contributed by atoms with Crippen molar-refractivity contribution < 1.29 is 0 Å². The molecule has 26 heavy (non-hydrogen) atoms. The summed E-state index contributed by atoms with van der Waals surface area (Å²) >= 11 is 0. The van der Waals surface area contributed by atoms with Gasteiger partial charge in [-0.05, 0) is 61.4 Å². The van der Waals surface area contributed by atoms with Gasteiger partial charge in [0.25, 0.3) is 0 Å². The zero-order chi connectivity index (χ0) is 18.4. The Labute approximate surface area is 154 Å². The summed E-state index contributed by atoms with van der Waals surface area (Å²) in [6, 6.07) is 18.1. The topological polar surface area (TPSA) is 75.9 Å². The summed E-state index contributed by atoms with van der Waals surface area (Å²) in [6.45, 7) is 4.26. The second-order valence-electron chi connectivity index (χ2n) is 6.36. The maximum Gasteiger partial charge on any atom is 0.223 e. The van der Waals surface area contributed by atoms with E-state index >= 15 is 0 Å². The third kappa shape index (κ3) is 4.72. The number of benzene rings is 2. The van der Waals surface area contributed by atoms with Crippen LogP contribution in [0.25, 0.3) is 0 Å². The van der Waals surface area contributed by atoms with Crippen molar-refractivity contribution in [2.24, 2.45) is 0 Å². The quantitative estimate of drug-likeness (QED) is 0.528. The van der Waals surface area contributed by atoms with Crippen molar-refractivity contribution in [3.8, 4) is 0 Å². The molecule has 2 aromatic carbocycles. The van der Waals surface area contributed by atoms with Crippen LogP contribution in [0, 0.1) is 0 Å². The van der Waals surface area contributed by atoms with Gasteiger partial charge in [0, 0.05) is 29.0 Å². The molecule has 134 valence electrons. The van der Waals surface area contributed by atoms with Crippen molar-refractivity contribution in [3.63, 3.8) is 0 Å². The molecular formula is C21H25N5. The Kier molecular flexibility index (Phi) is 5.69. The fourth-order valence-corrected chi connectivity index (χ4v) is 2.73. The van der Waals surface area contributed by atoms with E-state index in [0.29, 0.717) is 5.95 Å². The minimum Gasteiger partial charge on any atom is -0.399 e. The fraction of sp³-hybridized carbons (Fsp3) is 0.238. The smallest absolute Gasteiger partial charge is 0.223 e. The van der Waals surface area contributed by atoms with Crippen molar-refractivity contribution >= 4 is 23.0 Å². The molecule has 0 amide bonds. The van der Waals surface area contributed by atoms with Crippen molar-refractivity contribution in [2.75, 3.05) is 16.4 Å². The van der Waals surface area contributed by atoms with Crippen LogP contribution in [0.3, 0.4) is 0 Å². The maximum absolute atomic E-state index is 5.72. The third-order valence-electron chi connectivity index (χ3n) is 4.18. The highest BCUT2D eigenvalue weighted by Gasteiger charge is 2.08. The first-order valence-electron chi connectivity index (χ1n) is 8.95. The molecule has 0 saturated heterocycles. The minimum absolute atomic E-state index is 0.123. The highest BCUT2D eigenvalue weighted by atomic mass is 15.1. The summed E-state index contributed by atoms with van der Waals surface area (Å²) < 4.78 is 0. The van der Waals surface area contributed by atoms with Gasteiger partial charge in [-0.15, -0.1) is 0 Å². The molecule has 0 bridgehead atoms. The number of nitrogens with one attached hydrogen (secondary N) is 2. The van der Waals surface area contributed by atoms with E-state index in [0.717, 1.165) is 35.6 Å². The summed E-state index contributed by atoms with van der Waals surface area (Å²) in [4.78, 5) is 8.89. The minimum atomic E-state index is 0.123. The first-order chi connectivity index (χ1) is 12.6. The van der Waals surface area contributed by atoms with E-state index in [9.17, 15) is 0 Å². The molecule has 5 heteroatoms. The first kappa shape index (κ1) is 17.7. The van der Waals surface area contributed by atoms with Crippen molar-refractivity contribution in [3.05, 3.63) is 72.1 Å². The van der Waals surface area contributed by atoms with Gasteiger partial charge in [-0.25, -0.2) is 9.97 Å². The number of hydrogen-bond acceptors (Lipinski definition) is 5. The predicted octanol–water partition coefficient (Wildman–Crippen LogP) is 4.93. The number of aromatic nitrogens is 2. The van der Waals surface area contributed by atoms with Gasteiger partial charge in [-0.1, -0.05) is 25.5 Å². The van der Waals surface area contributed by atoms with E-state index in [1.807, 2.05) is 36.5 Å². The summed E-state index contributed by atoms with van der Waals surface area (Å²) in [5.74, 6) is 0.674. The number of rotatable bonds is 7. The van der Waals surface area contributed by atoms with Crippen LogP contribution in [0.2, 0.25) is 0 Å². The Morgan fingerprint density at radius 1 is 0.962 bits per heavy atom. The number of nitrogen functional groups attached to an aromatic ring is 1. The monoisotopic (exact) mass is 347 g/mol. The van der Waals surface area contributed by atoms with Gasteiger partial charge in [0.1, 0.15) is 0 Å². The molecule has 5 nitrogen and oxygen atoms in total. The van der Waals surface area contributed by atoms with Crippen LogP contribution >= 0.6 is 0 Å². The van der Waals surface area contributed by atoms with Gasteiger partial charge < -0.3 is 16.4 Å². The Hall–Kier alpha value is -3.08. The highest BCUT2D eigenvalue weighted by molar-refractivity contribution is 5.62. The largest absolute Gasteiger partial charge is 0.399 e. The number of nitrogens with zero attached hydrogens (tertiary/aromatic N) is 2. The average molecular weight is 347 g/mol. The average Bonchev–Trinajstić information content (AvgIpc) is 2.65. The third-order valence-corrected chi connectivity index (χ3v) is 4.18. The SMILES string of the molecule is CCCc1ccnc(N[C@@H](C)c2ccc(Nc3ccc(N)cc3)cc2)n1. The van der Waals surface area contributed by atoms with Crippen LogP contribution in [0.15, 0.2) is 60.8 Å². The molecule has 0 aliphatic heterocycles. The maximum atomic E-state index is 5.72. The second kappa shape index (κ2) is 8.34. The van der Waals surface area contributed by atoms with Gasteiger partial charge in [0.05, 0.1) is 6.04 Å². The summed E-state index contributed by atoms with van der Waals surface area (Å²) in [5, 5.41) is 6.74. The van der Waals surface area contributed by atoms with E-state index in [-0.39, 0.29) is 6.04 Å². The van der Waals surface area contributed by atoms with E-state index in [4.69, 9.17) is 5.73 Å². The van der Waals surface area contributed by atoms with Crippen LogP contribution in [0.1, 0.15) is 37.6 Å². The molecule has 1 aromatic heterocycles. The van der Waals surface area contributed by atoms with E-state index in [1.165, 1.54) is 5.56 Å². The lowest BCUT2D eigenvalue weighted by molar-refractivity contribution is 0.834. The molecule has 1 atom stereocenters. The molecular weight excluding hydrogens is 322 g/mol. The Bertz CT molecular complexity index is 828. The molecule has 1 heterocycles. The number of aryl methyl sites for hydroxylation is 1. The summed E-state index contributed by atoms with van der Waals surface area (Å²) in [5.41, 5.74) is 10.8. The standard InChI is InChI=1S/C21H25N5/c1-3-4-18-13-14-23-21(26-18)24-15(2)16-5-9-19(10-6-16)25-20-11-7-17(22)8-12-20/h5-15,25H,3-4,22H2,1-2H3,(H,23,24,26)/t15-/m0/s1. The number of hydrogen-bond donors (Lipinski definition) is 3. The second-order valence-corrected chi connectivity index (χ2v) is 6.36. The number of nitrogens with two attached hydrogens (primary N) is 1. The molecule has 3 aromatic rings. The Morgan fingerprint density at radius 3 is 2.27 bits per heavy atom. The van der Waals surface area contributed by atoms with Gasteiger partial charge in [-0.3, -0.25) is 0 Å². The van der Waals surface area contributed by atoms with Crippen molar-refractivity contribution in [1.29, 1.82) is 0 Å². The lowest BCUT2D eigenvalue weighted by atomic mass is 10.1. The summed E-state index contributed by atoms with van der Waals surface area (Å²) in [6.07, 6.45) is 3.86. The zero-order valence-electron chi connectivity index (χ0n) is 15.2. The van der Waals surface area contributed by atoms with E-state index in [1.54, 1.807) is 0 Å². The Balaban J connectivity index is 1.64. The molecule has 0 aliphatic rings. The normalized spacial score (nSPS) is 11.8. The van der Waals surface area contributed by atoms with E-state index < -0.39 is 0 Å². The highest BCUT2D eigenvalue weighted by Crippen LogP contribution is 2.22. The van der Waals surface area contributed by atoms with Gasteiger partial charge >= 0.3 is 0 Å². The first-order valence-corrected chi connectivity index (χ1v) is 8.95. The molecule has 0 spiro atoms. The lowest BCUT2D eigenvalue weighted by Gasteiger charge is -2.15. The molecule has 0 fully saturated rings. The zero-order valence-corrected chi connectivity index (χ0v) is 15.2.